The summed E-state index contributed by atoms with van der Waals surface area (Å²) in [6.07, 6.45) is 0.0774. The van der Waals surface area contributed by atoms with Crippen molar-refractivity contribution in [3.8, 4) is 0 Å². The summed E-state index contributed by atoms with van der Waals surface area (Å²) in [5, 5.41) is 11.6. The number of piperazine rings is 1. The Kier molecular flexibility index (Phi) is 4.69. The smallest absolute Gasteiger partial charge is 0.303 e. The van der Waals surface area contributed by atoms with Gasteiger partial charge in [0.15, 0.2) is 0 Å². The maximum atomic E-state index is 11.9. The number of hydrogen-bond acceptors (Lipinski definition) is 4. The Labute approximate surface area is 95.7 Å². The first-order valence-electron chi connectivity index (χ1n) is 5.35. The zero-order chi connectivity index (χ0) is 12.2. The monoisotopic (exact) mass is 250 g/mol. The summed E-state index contributed by atoms with van der Waals surface area (Å²) < 4.78 is 25.2. The van der Waals surface area contributed by atoms with Gasteiger partial charge in [0.1, 0.15) is 0 Å². The van der Waals surface area contributed by atoms with Crippen LogP contribution in [0.25, 0.3) is 0 Å². The van der Waals surface area contributed by atoms with Crippen molar-refractivity contribution in [1.82, 2.24) is 9.62 Å². The standard InChI is InChI=1S/C9H18N2O4S/c1-8-7-10-4-5-11(8)16(14,15)6-2-3-9(12)13/h8,10H,2-7H2,1H3,(H,12,13)/t8-/m1/s1. The van der Waals surface area contributed by atoms with E-state index >= 15 is 0 Å². The minimum absolute atomic E-state index is 0.0522. The third kappa shape index (κ3) is 3.73. The third-order valence-corrected chi connectivity index (χ3v) is 4.65. The average Bonchev–Trinajstić information content (AvgIpc) is 2.17. The Morgan fingerprint density at radius 1 is 1.56 bits per heavy atom. The van der Waals surface area contributed by atoms with Gasteiger partial charge in [0.05, 0.1) is 5.75 Å². The summed E-state index contributed by atoms with van der Waals surface area (Å²) in [5.74, 6) is -1.03. The van der Waals surface area contributed by atoms with Gasteiger partial charge in [-0.1, -0.05) is 0 Å². The number of aliphatic carboxylic acids is 1. The quantitative estimate of drug-likeness (QED) is 0.685. The van der Waals surface area contributed by atoms with Crippen molar-refractivity contribution in [1.29, 1.82) is 0 Å². The lowest BCUT2D eigenvalue weighted by atomic mass is 10.3. The molecule has 0 aliphatic carbocycles. The van der Waals surface area contributed by atoms with Crippen molar-refractivity contribution in [2.75, 3.05) is 25.4 Å². The van der Waals surface area contributed by atoms with Crippen LogP contribution in [-0.4, -0.2) is 55.2 Å². The number of rotatable bonds is 5. The number of carboxylic acid groups (broad SMARTS) is 1. The van der Waals surface area contributed by atoms with Crippen LogP contribution in [0.5, 0.6) is 0 Å². The number of nitrogens with zero attached hydrogens (tertiary/aromatic N) is 1. The zero-order valence-electron chi connectivity index (χ0n) is 9.35. The minimum Gasteiger partial charge on any atom is -0.481 e. The van der Waals surface area contributed by atoms with Gasteiger partial charge < -0.3 is 10.4 Å². The Balaban J connectivity index is 2.51. The fourth-order valence-corrected chi connectivity index (χ4v) is 3.49. The van der Waals surface area contributed by atoms with Gasteiger partial charge in [-0.3, -0.25) is 4.79 Å². The molecule has 0 saturated carbocycles. The molecule has 7 heteroatoms. The Bertz CT molecular complexity index is 341. The average molecular weight is 250 g/mol. The molecule has 1 aliphatic heterocycles. The molecule has 1 aliphatic rings. The highest BCUT2D eigenvalue weighted by Crippen LogP contribution is 2.11. The Morgan fingerprint density at radius 2 is 2.25 bits per heavy atom. The lowest BCUT2D eigenvalue weighted by Gasteiger charge is -2.32. The molecule has 0 bridgehead atoms. The SMILES string of the molecule is C[C@@H]1CNCCN1S(=O)(=O)CCCC(=O)O. The molecule has 0 amide bonds. The molecule has 0 unspecified atom stereocenters. The summed E-state index contributed by atoms with van der Waals surface area (Å²) in [5.41, 5.74) is 0. The Morgan fingerprint density at radius 3 is 2.81 bits per heavy atom. The van der Waals surface area contributed by atoms with Gasteiger partial charge in [-0.05, 0) is 13.3 Å². The van der Waals surface area contributed by atoms with Crippen molar-refractivity contribution >= 4 is 16.0 Å². The van der Waals surface area contributed by atoms with Gasteiger partial charge in [-0.15, -0.1) is 0 Å². The molecule has 1 saturated heterocycles. The summed E-state index contributed by atoms with van der Waals surface area (Å²) in [6.45, 7) is 3.62. The van der Waals surface area contributed by atoms with Crippen molar-refractivity contribution in [3.63, 3.8) is 0 Å². The fourth-order valence-electron chi connectivity index (χ4n) is 1.76. The van der Waals surface area contributed by atoms with E-state index in [1.54, 1.807) is 0 Å². The van der Waals surface area contributed by atoms with Gasteiger partial charge in [-0.25, -0.2) is 8.42 Å². The molecule has 94 valence electrons. The minimum atomic E-state index is -3.30. The largest absolute Gasteiger partial charge is 0.481 e. The van der Waals surface area contributed by atoms with Gasteiger partial charge in [-0.2, -0.15) is 4.31 Å². The number of hydrogen-bond donors (Lipinski definition) is 2. The molecule has 16 heavy (non-hydrogen) atoms. The number of carboxylic acids is 1. The predicted octanol–water partition coefficient (Wildman–Crippen LogP) is -0.525. The zero-order valence-corrected chi connectivity index (χ0v) is 10.2. The number of sulfonamides is 1. The molecular formula is C9H18N2O4S. The molecule has 2 N–H and O–H groups in total. The second-order valence-corrected chi connectivity index (χ2v) is 6.02. The molecule has 0 aromatic rings. The van der Waals surface area contributed by atoms with Gasteiger partial charge in [0.25, 0.3) is 0 Å². The van der Waals surface area contributed by atoms with Crippen molar-refractivity contribution < 1.29 is 18.3 Å². The molecule has 0 radical (unpaired) electrons. The Hall–Kier alpha value is -0.660. The van der Waals surface area contributed by atoms with E-state index in [0.29, 0.717) is 19.6 Å². The third-order valence-electron chi connectivity index (χ3n) is 2.59. The van der Waals surface area contributed by atoms with Crippen LogP contribution >= 0.6 is 0 Å². The van der Waals surface area contributed by atoms with E-state index < -0.39 is 16.0 Å². The molecule has 0 aromatic heterocycles. The highest BCUT2D eigenvalue weighted by Gasteiger charge is 2.28. The van der Waals surface area contributed by atoms with Gasteiger partial charge in [0, 0.05) is 32.1 Å². The predicted molar refractivity (Wildman–Crippen MR) is 59.7 cm³/mol. The van der Waals surface area contributed by atoms with Crippen LogP contribution in [0.1, 0.15) is 19.8 Å². The first kappa shape index (κ1) is 13.4. The van der Waals surface area contributed by atoms with Crippen molar-refractivity contribution in [2.45, 2.75) is 25.8 Å². The van der Waals surface area contributed by atoms with Crippen LogP contribution in [0.15, 0.2) is 0 Å². The summed E-state index contributed by atoms with van der Waals surface area (Å²) in [4.78, 5) is 10.3. The summed E-state index contributed by atoms with van der Waals surface area (Å²) >= 11 is 0. The van der Waals surface area contributed by atoms with Crippen LogP contribution in [0.4, 0.5) is 0 Å². The highest BCUT2D eigenvalue weighted by atomic mass is 32.2. The second-order valence-electron chi connectivity index (χ2n) is 3.98. The molecule has 0 spiro atoms. The van der Waals surface area contributed by atoms with Crippen LogP contribution < -0.4 is 5.32 Å². The van der Waals surface area contributed by atoms with E-state index in [1.807, 2.05) is 6.92 Å². The van der Waals surface area contributed by atoms with Gasteiger partial charge in [0.2, 0.25) is 10.0 Å². The molecule has 1 rings (SSSR count). The van der Waals surface area contributed by atoms with E-state index in [1.165, 1.54) is 4.31 Å². The molecular weight excluding hydrogens is 232 g/mol. The van der Waals surface area contributed by atoms with E-state index in [0.717, 1.165) is 0 Å². The van der Waals surface area contributed by atoms with Crippen LogP contribution in [-0.2, 0) is 14.8 Å². The van der Waals surface area contributed by atoms with E-state index in [9.17, 15) is 13.2 Å². The lowest BCUT2D eigenvalue weighted by Crippen LogP contribution is -2.52. The van der Waals surface area contributed by atoms with Crippen molar-refractivity contribution in [2.24, 2.45) is 0 Å². The number of carbonyl (C=O) groups is 1. The van der Waals surface area contributed by atoms with E-state index in [-0.39, 0.29) is 24.6 Å². The van der Waals surface area contributed by atoms with Crippen LogP contribution in [0, 0.1) is 0 Å². The molecule has 0 aromatic carbocycles. The molecule has 1 fully saturated rings. The summed E-state index contributed by atoms with van der Waals surface area (Å²) in [7, 11) is -3.30. The van der Waals surface area contributed by atoms with Gasteiger partial charge >= 0.3 is 5.97 Å². The highest BCUT2D eigenvalue weighted by molar-refractivity contribution is 7.89. The maximum Gasteiger partial charge on any atom is 0.303 e. The van der Waals surface area contributed by atoms with E-state index in [4.69, 9.17) is 5.11 Å². The van der Waals surface area contributed by atoms with Crippen molar-refractivity contribution in [3.05, 3.63) is 0 Å². The second kappa shape index (κ2) is 5.60. The lowest BCUT2D eigenvalue weighted by molar-refractivity contribution is -0.137. The first-order valence-corrected chi connectivity index (χ1v) is 6.96. The fraction of sp³-hybridized carbons (Fsp3) is 0.889. The normalized spacial score (nSPS) is 23.2. The molecule has 1 heterocycles. The van der Waals surface area contributed by atoms with E-state index in [2.05, 4.69) is 5.32 Å². The first-order chi connectivity index (χ1) is 7.43. The van der Waals surface area contributed by atoms with Crippen LogP contribution in [0.3, 0.4) is 0 Å². The van der Waals surface area contributed by atoms with Crippen LogP contribution in [0.2, 0.25) is 0 Å². The maximum absolute atomic E-state index is 11.9. The molecule has 1 atom stereocenters. The number of nitrogens with one attached hydrogen (secondary N) is 1. The topological polar surface area (TPSA) is 86.7 Å². The molecule has 6 nitrogen and oxygen atoms in total. The summed E-state index contributed by atoms with van der Waals surface area (Å²) in [6, 6.07) is -0.0522.